The monoisotopic (exact) mass is 600 g/mol. The molecule has 2 amide bonds. The van der Waals surface area contributed by atoms with Crippen LogP contribution in [0, 0.1) is 6.92 Å². The van der Waals surface area contributed by atoms with Crippen molar-refractivity contribution in [3.8, 4) is 11.5 Å². The molecule has 1 aliphatic heterocycles. The van der Waals surface area contributed by atoms with Crippen LogP contribution in [0.25, 0.3) is 6.08 Å². The Morgan fingerprint density at radius 3 is 2.67 bits per heavy atom. The van der Waals surface area contributed by atoms with Crippen LogP contribution in [-0.4, -0.2) is 39.8 Å². The van der Waals surface area contributed by atoms with E-state index >= 15 is 0 Å². The summed E-state index contributed by atoms with van der Waals surface area (Å²) in [7, 11) is 0. The van der Waals surface area contributed by atoms with Crippen molar-refractivity contribution >= 4 is 58.3 Å². The van der Waals surface area contributed by atoms with Crippen molar-refractivity contribution in [3.05, 3.63) is 118 Å². The molecule has 5 rings (SSSR count). The first-order valence-electron chi connectivity index (χ1n) is 12.8. The van der Waals surface area contributed by atoms with E-state index in [0.717, 1.165) is 17.3 Å². The number of benzene rings is 3. The number of ether oxygens (including phenoxy) is 1. The van der Waals surface area contributed by atoms with Crippen LogP contribution in [0.1, 0.15) is 22.5 Å². The van der Waals surface area contributed by atoms with E-state index in [0.29, 0.717) is 43.4 Å². The Labute approximate surface area is 251 Å². The molecular weight excluding hydrogens is 576 g/mol. The SMILES string of the molecule is Cc1ccc(NC(=O)COc2ccc(Cl)cc2/C=C2\S/C(=N/N=C\c3ccccc3O)N(Cc3ccco3)C2=O)cc1. The van der Waals surface area contributed by atoms with Crippen molar-refractivity contribution in [2.45, 2.75) is 13.5 Å². The van der Waals surface area contributed by atoms with Gasteiger partial charge >= 0.3 is 0 Å². The summed E-state index contributed by atoms with van der Waals surface area (Å²) in [5.74, 6) is 0.343. The van der Waals surface area contributed by atoms with Crippen molar-refractivity contribution < 1.29 is 23.8 Å². The highest BCUT2D eigenvalue weighted by Gasteiger charge is 2.34. The molecule has 1 saturated heterocycles. The molecule has 1 aromatic heterocycles. The molecule has 11 heteroatoms. The molecule has 3 aromatic carbocycles. The van der Waals surface area contributed by atoms with Crippen molar-refractivity contribution in [1.29, 1.82) is 0 Å². The third-order valence-corrected chi connectivity index (χ3v) is 7.24. The van der Waals surface area contributed by atoms with Gasteiger partial charge in [-0.05, 0) is 79.4 Å². The van der Waals surface area contributed by atoms with E-state index in [1.54, 1.807) is 60.7 Å². The molecular formula is C31H25ClN4O5S. The number of amidine groups is 1. The van der Waals surface area contributed by atoms with Gasteiger partial charge in [0.25, 0.3) is 11.8 Å². The van der Waals surface area contributed by atoms with Crippen LogP contribution in [0.5, 0.6) is 11.5 Å². The van der Waals surface area contributed by atoms with Gasteiger partial charge in [-0.25, -0.2) is 0 Å². The molecule has 1 fully saturated rings. The Morgan fingerprint density at radius 1 is 1.10 bits per heavy atom. The number of hydrogen-bond acceptors (Lipinski definition) is 8. The summed E-state index contributed by atoms with van der Waals surface area (Å²) in [6.07, 6.45) is 4.57. The van der Waals surface area contributed by atoms with Crippen molar-refractivity contribution in [1.82, 2.24) is 4.90 Å². The predicted molar refractivity (Wildman–Crippen MR) is 165 cm³/mol. The lowest BCUT2D eigenvalue weighted by molar-refractivity contribution is -0.122. The van der Waals surface area contributed by atoms with Gasteiger partial charge in [0.2, 0.25) is 0 Å². The number of nitrogens with zero attached hydrogens (tertiary/aromatic N) is 3. The molecule has 4 aromatic rings. The second-order valence-corrected chi connectivity index (χ2v) is 10.6. The second kappa shape index (κ2) is 13.2. The Bertz CT molecular complexity index is 1680. The number of hydrogen-bond donors (Lipinski definition) is 2. The lowest BCUT2D eigenvalue weighted by atomic mass is 10.2. The van der Waals surface area contributed by atoms with Gasteiger partial charge in [-0.1, -0.05) is 41.4 Å². The molecule has 0 atom stereocenters. The maximum atomic E-state index is 13.5. The number of aryl methyl sites for hydroxylation is 1. The van der Waals surface area contributed by atoms with Crippen molar-refractivity contribution in [3.63, 3.8) is 0 Å². The van der Waals surface area contributed by atoms with Gasteiger partial charge in [0, 0.05) is 21.8 Å². The Balaban J connectivity index is 1.37. The zero-order valence-electron chi connectivity index (χ0n) is 22.4. The van der Waals surface area contributed by atoms with E-state index < -0.39 is 0 Å². The number of nitrogens with one attached hydrogen (secondary N) is 1. The molecule has 0 unspecified atom stereocenters. The summed E-state index contributed by atoms with van der Waals surface area (Å²) in [4.78, 5) is 27.8. The van der Waals surface area contributed by atoms with Crippen LogP contribution in [0.3, 0.4) is 0 Å². The van der Waals surface area contributed by atoms with Crippen LogP contribution >= 0.6 is 23.4 Å². The van der Waals surface area contributed by atoms with Gasteiger partial charge in [0.1, 0.15) is 17.3 Å². The molecule has 0 saturated carbocycles. The van der Waals surface area contributed by atoms with E-state index in [1.165, 1.54) is 17.4 Å². The lowest BCUT2D eigenvalue weighted by Crippen LogP contribution is -2.28. The summed E-state index contributed by atoms with van der Waals surface area (Å²) >= 11 is 7.39. The molecule has 42 heavy (non-hydrogen) atoms. The quantitative estimate of drug-likeness (QED) is 0.129. The molecule has 1 aliphatic rings. The van der Waals surface area contributed by atoms with Gasteiger partial charge < -0.3 is 19.6 Å². The second-order valence-electron chi connectivity index (χ2n) is 9.15. The summed E-state index contributed by atoms with van der Waals surface area (Å²) < 4.78 is 11.3. The third-order valence-electron chi connectivity index (χ3n) is 6.01. The average molecular weight is 601 g/mol. The first kappa shape index (κ1) is 28.7. The standard InChI is InChI=1S/C31H25ClN4O5S/c1-20-8-11-24(12-9-20)34-29(38)19-41-27-13-10-23(32)15-22(27)16-28-30(39)36(18-25-6-4-14-40-25)31(42-28)35-33-17-21-5-2-3-7-26(21)37/h2-17,37H,18-19H2,1H3,(H,34,38)/b28-16-,33-17-,35-31+. The number of phenols is 1. The normalized spacial score (nSPS) is 15.2. The highest BCUT2D eigenvalue weighted by molar-refractivity contribution is 8.18. The van der Waals surface area contributed by atoms with Gasteiger partial charge in [0.05, 0.1) is 23.9 Å². The minimum absolute atomic E-state index is 0.0608. The fourth-order valence-electron chi connectivity index (χ4n) is 3.90. The van der Waals surface area contributed by atoms with E-state index in [2.05, 4.69) is 15.5 Å². The summed E-state index contributed by atoms with van der Waals surface area (Å²) in [5, 5.41) is 21.9. The lowest BCUT2D eigenvalue weighted by Gasteiger charge is -2.13. The third kappa shape index (κ3) is 7.28. The average Bonchev–Trinajstić information content (AvgIpc) is 3.59. The Kier molecular flexibility index (Phi) is 9.05. The molecule has 0 radical (unpaired) electrons. The van der Waals surface area contributed by atoms with Gasteiger partial charge in [-0.3, -0.25) is 14.5 Å². The molecule has 0 aliphatic carbocycles. The first-order chi connectivity index (χ1) is 20.4. The fraction of sp³-hybridized carbons (Fsp3) is 0.0968. The van der Waals surface area contributed by atoms with Crippen LogP contribution in [0.4, 0.5) is 5.69 Å². The Morgan fingerprint density at radius 2 is 1.90 bits per heavy atom. The molecule has 2 heterocycles. The zero-order chi connectivity index (χ0) is 29.5. The zero-order valence-corrected chi connectivity index (χ0v) is 23.9. The minimum Gasteiger partial charge on any atom is -0.507 e. The number of furan rings is 1. The number of amides is 2. The molecule has 212 valence electrons. The maximum absolute atomic E-state index is 13.5. The van der Waals surface area contributed by atoms with E-state index in [9.17, 15) is 14.7 Å². The topological polar surface area (TPSA) is 117 Å². The van der Waals surface area contributed by atoms with E-state index in [-0.39, 0.29) is 30.7 Å². The number of phenolic OH excluding ortho intramolecular Hbond substituents is 1. The molecule has 2 N–H and O–H groups in total. The highest BCUT2D eigenvalue weighted by Crippen LogP contribution is 2.36. The predicted octanol–water partition coefficient (Wildman–Crippen LogP) is 6.47. The number of rotatable bonds is 9. The molecule has 0 bridgehead atoms. The largest absolute Gasteiger partial charge is 0.507 e. The number of thioether (sulfide) groups is 1. The summed E-state index contributed by atoms with van der Waals surface area (Å²) in [6.45, 7) is 1.86. The van der Waals surface area contributed by atoms with Gasteiger partial charge in [0.15, 0.2) is 11.8 Å². The van der Waals surface area contributed by atoms with Crippen molar-refractivity contribution in [2.75, 3.05) is 11.9 Å². The Hall–Kier alpha value is -4.80. The van der Waals surface area contributed by atoms with Gasteiger partial charge in [-0.15, -0.1) is 5.10 Å². The first-order valence-corrected chi connectivity index (χ1v) is 14.0. The van der Waals surface area contributed by atoms with E-state index in [1.807, 2.05) is 31.2 Å². The maximum Gasteiger partial charge on any atom is 0.267 e. The van der Waals surface area contributed by atoms with E-state index in [4.69, 9.17) is 20.8 Å². The number of halogens is 1. The summed E-state index contributed by atoms with van der Waals surface area (Å²) in [6, 6.07) is 22.6. The van der Waals surface area contributed by atoms with Crippen LogP contribution in [-0.2, 0) is 16.1 Å². The number of aromatic hydroxyl groups is 1. The number of anilines is 1. The van der Waals surface area contributed by atoms with Crippen LogP contribution in [0.2, 0.25) is 5.02 Å². The fourth-order valence-corrected chi connectivity index (χ4v) is 5.01. The molecule has 0 spiro atoms. The smallest absolute Gasteiger partial charge is 0.267 e. The molecule has 9 nitrogen and oxygen atoms in total. The van der Waals surface area contributed by atoms with Crippen molar-refractivity contribution in [2.24, 2.45) is 10.2 Å². The van der Waals surface area contributed by atoms with Crippen LogP contribution in [0.15, 0.2) is 105 Å². The number of carbonyl (C=O) groups is 2. The number of para-hydroxylation sites is 1. The van der Waals surface area contributed by atoms with Crippen LogP contribution < -0.4 is 10.1 Å². The minimum atomic E-state index is -0.333. The number of carbonyl (C=O) groups excluding carboxylic acids is 2. The van der Waals surface area contributed by atoms with Gasteiger partial charge in [-0.2, -0.15) is 5.10 Å². The summed E-state index contributed by atoms with van der Waals surface area (Å²) in [5.41, 5.74) is 2.74. The highest BCUT2D eigenvalue weighted by atomic mass is 35.5.